The fourth-order valence-corrected chi connectivity index (χ4v) is 11.7. The lowest BCUT2D eigenvalue weighted by Crippen LogP contribution is -2.33. The summed E-state index contributed by atoms with van der Waals surface area (Å²) < 4.78 is 42.6. The van der Waals surface area contributed by atoms with E-state index in [2.05, 4.69) is 53.4 Å². The highest BCUT2D eigenvalue weighted by molar-refractivity contribution is 6.04. The van der Waals surface area contributed by atoms with Gasteiger partial charge in [0.1, 0.15) is 0 Å². The van der Waals surface area contributed by atoms with Crippen LogP contribution in [0.5, 0.6) is 0 Å². The topological polar surface area (TPSA) is 239 Å². The van der Waals surface area contributed by atoms with E-state index in [4.69, 9.17) is 37.9 Å². The van der Waals surface area contributed by atoms with E-state index in [0.29, 0.717) is 124 Å². The third kappa shape index (κ3) is 60.7. The number of carbonyl (C=O) groups is 7. The molecule has 1 aromatic carbocycles. The van der Waals surface area contributed by atoms with Gasteiger partial charge in [-0.2, -0.15) is 0 Å². The third-order valence-electron chi connectivity index (χ3n) is 17.9. The Bertz CT molecular complexity index is 1960. The van der Waals surface area contributed by atoms with E-state index >= 15 is 0 Å². The van der Waals surface area contributed by atoms with Crippen molar-refractivity contribution in [2.24, 2.45) is 0 Å². The second-order valence-electron chi connectivity index (χ2n) is 27.6. The summed E-state index contributed by atoms with van der Waals surface area (Å²) in [4.78, 5) is 97.3. The number of nitrogens with one attached hydrogen (secondary N) is 3. The van der Waals surface area contributed by atoms with Gasteiger partial charge in [0.05, 0.1) is 52.9 Å². The second-order valence-corrected chi connectivity index (χ2v) is 27.6. The maximum absolute atomic E-state index is 14.0. The van der Waals surface area contributed by atoms with E-state index < -0.39 is 24.6 Å². The van der Waals surface area contributed by atoms with Gasteiger partial charge in [0.25, 0.3) is 17.7 Å². The van der Waals surface area contributed by atoms with Gasteiger partial charge in [-0.3, -0.25) is 14.4 Å². The number of nitrogens with zero attached hydrogens (tertiary/aromatic N) is 3. The molecule has 0 bridgehead atoms. The lowest BCUT2D eigenvalue weighted by atomic mass is 10.0. The number of amides is 3. The average molecular weight is 1430 g/mol. The zero-order valence-electron chi connectivity index (χ0n) is 64.8. The van der Waals surface area contributed by atoms with E-state index in [1.807, 2.05) is 19.0 Å². The van der Waals surface area contributed by atoms with Gasteiger partial charge in [-0.05, 0) is 200 Å². The van der Waals surface area contributed by atoms with Gasteiger partial charge in [0.2, 0.25) is 0 Å². The van der Waals surface area contributed by atoms with Crippen molar-refractivity contribution in [2.45, 2.75) is 304 Å². The fourth-order valence-electron chi connectivity index (χ4n) is 11.7. The van der Waals surface area contributed by atoms with Crippen molar-refractivity contribution >= 4 is 42.3 Å². The molecule has 0 saturated carbocycles. The molecule has 21 nitrogen and oxygen atoms in total. The van der Waals surface area contributed by atoms with Gasteiger partial charge in [-0.25, -0.2) is 19.2 Å². The van der Waals surface area contributed by atoms with Crippen molar-refractivity contribution in [3.8, 4) is 0 Å². The first-order valence-corrected chi connectivity index (χ1v) is 40.6. The molecule has 3 amide bonds. The minimum absolute atomic E-state index is 0.212. The third-order valence-corrected chi connectivity index (χ3v) is 17.9. The van der Waals surface area contributed by atoms with Crippen molar-refractivity contribution < 1.29 is 71.5 Å². The van der Waals surface area contributed by atoms with Crippen LogP contribution in [-0.2, 0) is 37.9 Å². The first-order valence-electron chi connectivity index (χ1n) is 40.6. The molecule has 0 aliphatic carbocycles. The summed E-state index contributed by atoms with van der Waals surface area (Å²) in [6.45, 7) is 18.1. The Morgan fingerprint density at radius 2 is 0.426 bits per heavy atom. The lowest BCUT2D eigenvalue weighted by molar-refractivity contribution is 0.0516. The highest BCUT2D eigenvalue weighted by Crippen LogP contribution is 2.16. The smallest absolute Gasteiger partial charge is 0.434 e. The standard InChI is InChI=1S/C80H146N6O15/c1-7-11-15-19-23-27-39-60-94-77(90)98-64-43-31-35-54-85(55-36-32-44-65-99-78(91)95-61-40-28-24-20-16-12-8-2)58-48-51-82-75(88)72-68-71(74(87)81-50-47-53-84(5)6)69-73(70-72)76(89)83-52-49-59-86(56-37-33-45-66-100-79(92)96-62-41-29-25-21-17-13-9-3)57-38-34-46-67-101-80(93)97-63-42-30-26-22-18-14-10-4/h68-70H,7-67H2,1-6H3,(H,81,87)(H,82,88)(H,83,89). The van der Waals surface area contributed by atoms with Crippen LogP contribution in [0.2, 0.25) is 0 Å². The Labute approximate surface area is 612 Å². The molecule has 0 saturated heterocycles. The van der Waals surface area contributed by atoms with Crippen LogP contribution in [-0.4, -0.2) is 189 Å². The molecule has 0 aliphatic heterocycles. The van der Waals surface area contributed by atoms with Crippen LogP contribution in [0.25, 0.3) is 0 Å². The number of hydrogen-bond acceptors (Lipinski definition) is 18. The second kappa shape index (κ2) is 70.3. The summed E-state index contributed by atoms with van der Waals surface area (Å²) in [7, 11) is 3.94. The molecule has 0 fully saturated rings. The van der Waals surface area contributed by atoms with Crippen molar-refractivity contribution in [2.75, 3.05) is 132 Å². The van der Waals surface area contributed by atoms with Crippen molar-refractivity contribution in [3.05, 3.63) is 34.9 Å². The first-order chi connectivity index (χ1) is 49.3. The molecule has 0 unspecified atom stereocenters. The molecular formula is C80H146N6O15. The summed E-state index contributed by atoms with van der Waals surface area (Å²) in [6.07, 6.45) is 41.4. The van der Waals surface area contributed by atoms with Gasteiger partial charge >= 0.3 is 24.6 Å². The van der Waals surface area contributed by atoms with Crippen molar-refractivity contribution in [1.82, 2.24) is 30.7 Å². The summed E-state index contributed by atoms with van der Waals surface area (Å²) >= 11 is 0. The van der Waals surface area contributed by atoms with Crippen LogP contribution in [0, 0.1) is 0 Å². The molecule has 21 heteroatoms. The van der Waals surface area contributed by atoms with Crippen LogP contribution in [0.15, 0.2) is 18.2 Å². The van der Waals surface area contributed by atoms with Gasteiger partial charge in [0, 0.05) is 36.3 Å². The number of ether oxygens (including phenoxy) is 8. The van der Waals surface area contributed by atoms with Crippen LogP contribution in [0.4, 0.5) is 19.2 Å². The molecule has 0 heterocycles. The van der Waals surface area contributed by atoms with E-state index in [-0.39, 0.29) is 34.4 Å². The molecular weight excluding hydrogens is 1280 g/mol. The average Bonchev–Trinajstić information content (AvgIpc) is 0.830. The van der Waals surface area contributed by atoms with Gasteiger partial charge in [-0.1, -0.05) is 182 Å². The molecule has 0 radical (unpaired) electrons. The SMILES string of the molecule is CCCCCCCCCOC(=O)OCCCCCN(CCCCCOC(=O)OCCCCCCCCC)CCCNC(=O)c1cc(C(=O)NCCCN(C)C)cc(C(=O)NCCCN(CCCCCOC(=O)OCCCCCCCCC)CCCCCOC(=O)OCCCCCCCCC)c1. The Morgan fingerprint density at radius 3 is 0.634 bits per heavy atom. The van der Waals surface area contributed by atoms with Crippen LogP contribution < -0.4 is 16.0 Å². The minimum atomic E-state index is -0.611. The molecule has 586 valence electrons. The maximum atomic E-state index is 14.0. The van der Waals surface area contributed by atoms with E-state index in [1.54, 1.807) is 18.2 Å². The fraction of sp³-hybridized carbons (Fsp3) is 0.838. The largest absolute Gasteiger partial charge is 0.508 e. The zero-order valence-corrected chi connectivity index (χ0v) is 64.8. The molecule has 0 aromatic heterocycles. The Balaban J connectivity index is 2.97. The molecule has 101 heavy (non-hydrogen) atoms. The predicted molar refractivity (Wildman–Crippen MR) is 405 cm³/mol. The molecule has 0 atom stereocenters. The van der Waals surface area contributed by atoms with Crippen molar-refractivity contribution in [1.29, 1.82) is 0 Å². The number of hydrogen-bond donors (Lipinski definition) is 3. The molecule has 0 spiro atoms. The maximum Gasteiger partial charge on any atom is 0.508 e. The van der Waals surface area contributed by atoms with E-state index in [1.165, 1.54) is 103 Å². The molecule has 1 aromatic rings. The van der Waals surface area contributed by atoms with Gasteiger partial charge in [-0.15, -0.1) is 0 Å². The summed E-state index contributed by atoms with van der Waals surface area (Å²) in [5.41, 5.74) is 0.644. The summed E-state index contributed by atoms with van der Waals surface area (Å²) in [6, 6.07) is 4.64. The predicted octanol–water partition coefficient (Wildman–Crippen LogP) is 18.5. The number of unbranched alkanes of at least 4 members (excludes halogenated alkanes) is 32. The number of rotatable bonds is 71. The van der Waals surface area contributed by atoms with Gasteiger partial charge < -0.3 is 68.5 Å². The van der Waals surface area contributed by atoms with Crippen LogP contribution in [0.1, 0.15) is 335 Å². The summed E-state index contributed by atoms with van der Waals surface area (Å²) in [5.74, 6) is -1.15. The molecule has 1 rings (SSSR count). The normalized spacial score (nSPS) is 11.3. The Kier molecular flexibility index (Phi) is 65.1. The highest BCUT2D eigenvalue weighted by atomic mass is 16.7. The number of carbonyl (C=O) groups excluding carboxylic acids is 7. The highest BCUT2D eigenvalue weighted by Gasteiger charge is 2.18. The van der Waals surface area contributed by atoms with Crippen molar-refractivity contribution in [3.63, 3.8) is 0 Å². The summed E-state index contributed by atoms with van der Waals surface area (Å²) in [5, 5.41) is 9.07. The Morgan fingerprint density at radius 1 is 0.248 bits per heavy atom. The monoisotopic (exact) mass is 1430 g/mol. The molecule has 0 aliphatic rings. The number of benzene rings is 1. The van der Waals surface area contributed by atoms with E-state index in [0.717, 1.165) is 168 Å². The van der Waals surface area contributed by atoms with Crippen LogP contribution >= 0.6 is 0 Å². The van der Waals surface area contributed by atoms with Crippen LogP contribution in [0.3, 0.4) is 0 Å². The zero-order chi connectivity index (χ0) is 73.5. The minimum Gasteiger partial charge on any atom is -0.434 e. The first kappa shape index (κ1) is 93.6. The lowest BCUT2D eigenvalue weighted by Gasteiger charge is -2.22. The Hall–Kier alpha value is -5.41. The van der Waals surface area contributed by atoms with Gasteiger partial charge in [0.15, 0.2) is 0 Å². The van der Waals surface area contributed by atoms with E-state index in [9.17, 15) is 33.6 Å². The quantitative estimate of drug-likeness (QED) is 0.0312. The molecule has 3 N–H and O–H groups in total.